The highest BCUT2D eigenvalue weighted by molar-refractivity contribution is 5.71. The highest BCUT2D eigenvalue weighted by atomic mass is 16.6. The minimum absolute atomic E-state index is 0.553. The Bertz CT molecular complexity index is 608. The van der Waals surface area contributed by atoms with Crippen LogP contribution in [0.25, 0.3) is 11.1 Å². The first-order valence-corrected chi connectivity index (χ1v) is 6.47. The third kappa shape index (κ3) is 2.29. The van der Waals surface area contributed by atoms with Gasteiger partial charge in [-0.3, -0.25) is 0 Å². The van der Waals surface area contributed by atoms with E-state index in [-0.39, 0.29) is 0 Å². The van der Waals surface area contributed by atoms with E-state index in [9.17, 15) is 0 Å². The quantitative estimate of drug-likeness (QED) is 0.897. The van der Waals surface area contributed by atoms with Crippen LogP contribution < -0.4 is 15.2 Å². The van der Waals surface area contributed by atoms with Crippen LogP contribution in [0.1, 0.15) is 11.1 Å². The SMILES string of the molecule is Cc1ccc(CN)cc1-c1ccc2c(c1)OCCO2. The molecule has 0 fully saturated rings. The molecule has 0 aliphatic carbocycles. The fourth-order valence-corrected chi connectivity index (χ4v) is 2.32. The van der Waals surface area contributed by atoms with Crippen molar-refractivity contribution in [2.24, 2.45) is 5.73 Å². The maximum absolute atomic E-state index is 5.71. The molecule has 0 spiro atoms. The molecular formula is C16H17NO2. The lowest BCUT2D eigenvalue weighted by molar-refractivity contribution is 0.171. The van der Waals surface area contributed by atoms with Gasteiger partial charge in [0.25, 0.3) is 0 Å². The monoisotopic (exact) mass is 255 g/mol. The zero-order valence-corrected chi connectivity index (χ0v) is 11.0. The molecular weight excluding hydrogens is 238 g/mol. The van der Waals surface area contributed by atoms with Crippen molar-refractivity contribution in [1.29, 1.82) is 0 Å². The molecule has 0 saturated heterocycles. The van der Waals surface area contributed by atoms with Crippen LogP contribution in [0.3, 0.4) is 0 Å². The Morgan fingerprint density at radius 3 is 2.58 bits per heavy atom. The molecule has 0 bridgehead atoms. The van der Waals surface area contributed by atoms with E-state index in [2.05, 4.69) is 31.2 Å². The summed E-state index contributed by atoms with van der Waals surface area (Å²) in [6.07, 6.45) is 0. The molecule has 98 valence electrons. The lowest BCUT2D eigenvalue weighted by atomic mass is 9.97. The van der Waals surface area contributed by atoms with Gasteiger partial charge in [0.2, 0.25) is 0 Å². The predicted molar refractivity (Wildman–Crippen MR) is 75.5 cm³/mol. The van der Waals surface area contributed by atoms with Crippen molar-refractivity contribution in [3.8, 4) is 22.6 Å². The second-order valence-electron chi connectivity index (χ2n) is 4.71. The number of nitrogens with two attached hydrogens (primary N) is 1. The van der Waals surface area contributed by atoms with E-state index in [1.54, 1.807) is 0 Å². The van der Waals surface area contributed by atoms with Crippen molar-refractivity contribution >= 4 is 0 Å². The van der Waals surface area contributed by atoms with Crippen LogP contribution in [-0.4, -0.2) is 13.2 Å². The molecule has 3 heteroatoms. The average molecular weight is 255 g/mol. The molecule has 2 aromatic carbocycles. The second-order valence-corrected chi connectivity index (χ2v) is 4.71. The molecule has 3 rings (SSSR count). The van der Waals surface area contributed by atoms with Gasteiger partial charge in [-0.05, 0) is 47.4 Å². The molecule has 2 aromatic rings. The highest BCUT2D eigenvalue weighted by Gasteiger charge is 2.13. The van der Waals surface area contributed by atoms with Gasteiger partial charge >= 0.3 is 0 Å². The van der Waals surface area contributed by atoms with E-state index >= 15 is 0 Å². The summed E-state index contributed by atoms with van der Waals surface area (Å²) >= 11 is 0. The zero-order valence-electron chi connectivity index (χ0n) is 11.0. The normalized spacial score (nSPS) is 13.4. The predicted octanol–water partition coefficient (Wildman–Crippen LogP) is 2.89. The number of aryl methyl sites for hydroxylation is 1. The average Bonchev–Trinajstić information content (AvgIpc) is 2.47. The van der Waals surface area contributed by atoms with Crippen molar-refractivity contribution in [3.63, 3.8) is 0 Å². The van der Waals surface area contributed by atoms with Gasteiger partial charge < -0.3 is 15.2 Å². The maximum atomic E-state index is 5.71. The molecule has 2 N–H and O–H groups in total. The number of ether oxygens (including phenoxy) is 2. The Morgan fingerprint density at radius 2 is 1.79 bits per heavy atom. The summed E-state index contributed by atoms with van der Waals surface area (Å²) in [4.78, 5) is 0. The van der Waals surface area contributed by atoms with E-state index in [0.29, 0.717) is 19.8 Å². The zero-order chi connectivity index (χ0) is 13.2. The fourth-order valence-electron chi connectivity index (χ4n) is 2.32. The first-order valence-electron chi connectivity index (χ1n) is 6.47. The molecule has 1 aliphatic rings. The lowest BCUT2D eigenvalue weighted by Crippen LogP contribution is -2.15. The van der Waals surface area contributed by atoms with Crippen molar-refractivity contribution < 1.29 is 9.47 Å². The van der Waals surface area contributed by atoms with Crippen LogP contribution in [-0.2, 0) is 6.54 Å². The van der Waals surface area contributed by atoms with Gasteiger partial charge in [-0.2, -0.15) is 0 Å². The first-order chi connectivity index (χ1) is 9.28. The van der Waals surface area contributed by atoms with Crippen LogP contribution in [0.15, 0.2) is 36.4 Å². The van der Waals surface area contributed by atoms with Gasteiger partial charge in [0.05, 0.1) is 0 Å². The smallest absolute Gasteiger partial charge is 0.161 e. The van der Waals surface area contributed by atoms with Gasteiger partial charge in [0.1, 0.15) is 13.2 Å². The van der Waals surface area contributed by atoms with Crippen LogP contribution in [0, 0.1) is 6.92 Å². The number of fused-ring (bicyclic) bond motifs is 1. The summed E-state index contributed by atoms with van der Waals surface area (Å²) in [5.41, 5.74) is 10.4. The number of benzene rings is 2. The highest BCUT2D eigenvalue weighted by Crippen LogP contribution is 2.35. The van der Waals surface area contributed by atoms with E-state index in [1.165, 1.54) is 11.1 Å². The summed E-state index contributed by atoms with van der Waals surface area (Å²) in [5.74, 6) is 1.64. The van der Waals surface area contributed by atoms with Crippen molar-refractivity contribution in [1.82, 2.24) is 0 Å². The standard InChI is InChI=1S/C16H17NO2/c1-11-2-3-12(10-17)8-14(11)13-4-5-15-16(9-13)19-7-6-18-15/h2-5,8-9H,6-7,10,17H2,1H3. The molecule has 19 heavy (non-hydrogen) atoms. The number of hydrogen-bond donors (Lipinski definition) is 1. The molecule has 0 saturated carbocycles. The van der Waals surface area contributed by atoms with Crippen LogP contribution in [0.2, 0.25) is 0 Å². The van der Waals surface area contributed by atoms with Gasteiger partial charge in [-0.1, -0.05) is 18.2 Å². The van der Waals surface area contributed by atoms with Gasteiger partial charge in [0.15, 0.2) is 11.5 Å². The molecule has 3 nitrogen and oxygen atoms in total. The van der Waals surface area contributed by atoms with Gasteiger partial charge in [-0.15, -0.1) is 0 Å². The Morgan fingerprint density at radius 1 is 1.00 bits per heavy atom. The topological polar surface area (TPSA) is 44.5 Å². The van der Waals surface area contributed by atoms with Crippen LogP contribution >= 0.6 is 0 Å². The third-order valence-electron chi connectivity index (χ3n) is 3.39. The lowest BCUT2D eigenvalue weighted by Gasteiger charge is -2.19. The molecule has 0 aromatic heterocycles. The second kappa shape index (κ2) is 4.94. The summed E-state index contributed by atoms with van der Waals surface area (Å²) in [6.45, 7) is 3.89. The third-order valence-corrected chi connectivity index (χ3v) is 3.39. The Labute approximate surface area is 113 Å². The van der Waals surface area contributed by atoms with Crippen molar-refractivity contribution in [3.05, 3.63) is 47.5 Å². The number of rotatable bonds is 2. The summed E-state index contributed by atoms with van der Waals surface area (Å²) in [6, 6.07) is 12.4. The molecule has 1 aliphatic heterocycles. The van der Waals surface area contributed by atoms with E-state index < -0.39 is 0 Å². The molecule has 0 amide bonds. The Balaban J connectivity index is 2.06. The summed E-state index contributed by atoms with van der Waals surface area (Å²) in [5, 5.41) is 0. The summed E-state index contributed by atoms with van der Waals surface area (Å²) < 4.78 is 11.2. The van der Waals surface area contributed by atoms with Crippen molar-refractivity contribution in [2.75, 3.05) is 13.2 Å². The molecule has 0 atom stereocenters. The molecule has 0 radical (unpaired) electrons. The Kier molecular flexibility index (Phi) is 3.13. The fraction of sp³-hybridized carbons (Fsp3) is 0.250. The van der Waals surface area contributed by atoms with Gasteiger partial charge in [-0.25, -0.2) is 0 Å². The number of hydrogen-bond acceptors (Lipinski definition) is 3. The minimum atomic E-state index is 0.553. The van der Waals surface area contributed by atoms with E-state index in [4.69, 9.17) is 15.2 Å². The molecule has 1 heterocycles. The van der Waals surface area contributed by atoms with Gasteiger partial charge in [0, 0.05) is 6.54 Å². The largest absolute Gasteiger partial charge is 0.486 e. The molecule has 0 unspecified atom stereocenters. The minimum Gasteiger partial charge on any atom is -0.486 e. The van der Waals surface area contributed by atoms with Crippen LogP contribution in [0.5, 0.6) is 11.5 Å². The van der Waals surface area contributed by atoms with Crippen molar-refractivity contribution in [2.45, 2.75) is 13.5 Å². The maximum Gasteiger partial charge on any atom is 0.161 e. The van der Waals surface area contributed by atoms with E-state index in [0.717, 1.165) is 22.6 Å². The Hall–Kier alpha value is -2.00. The van der Waals surface area contributed by atoms with E-state index in [1.807, 2.05) is 12.1 Å². The summed E-state index contributed by atoms with van der Waals surface area (Å²) in [7, 11) is 0. The first kappa shape index (κ1) is 12.1. The van der Waals surface area contributed by atoms with Crippen LogP contribution in [0.4, 0.5) is 0 Å².